The maximum absolute atomic E-state index is 13.8. The van der Waals surface area contributed by atoms with Crippen molar-refractivity contribution in [1.29, 1.82) is 0 Å². The van der Waals surface area contributed by atoms with Crippen molar-refractivity contribution < 1.29 is 23.7 Å². The third-order valence-electron chi connectivity index (χ3n) is 2.92. The zero-order valence-corrected chi connectivity index (χ0v) is 10.2. The molecule has 2 rings (SSSR count). The maximum atomic E-state index is 13.8. The van der Waals surface area contributed by atoms with Crippen molar-refractivity contribution in [3.8, 4) is 0 Å². The molecule has 0 bridgehead atoms. The summed E-state index contributed by atoms with van der Waals surface area (Å²) in [6.45, 7) is 0.364. The molecule has 1 aromatic carbocycles. The van der Waals surface area contributed by atoms with Gasteiger partial charge in [0.15, 0.2) is 12.5 Å². The number of hydrogen-bond acceptors (Lipinski definition) is 4. The van der Waals surface area contributed by atoms with Crippen LogP contribution in [-0.4, -0.2) is 43.5 Å². The summed E-state index contributed by atoms with van der Waals surface area (Å²) in [5.74, 6) is 0. The molecule has 4 atom stereocenters. The largest absolute Gasteiger partial charge is 0.385 e. The summed E-state index contributed by atoms with van der Waals surface area (Å²) in [5, 5.41) is 9.60. The van der Waals surface area contributed by atoms with Crippen molar-refractivity contribution in [2.75, 3.05) is 13.7 Å². The van der Waals surface area contributed by atoms with Crippen LogP contribution in [0.4, 0.5) is 4.39 Å². The van der Waals surface area contributed by atoms with Gasteiger partial charge in [-0.2, -0.15) is 0 Å². The maximum Gasteiger partial charge on any atom is 0.186 e. The molecule has 100 valence electrons. The molecule has 1 saturated heterocycles. The van der Waals surface area contributed by atoms with E-state index in [9.17, 15) is 9.50 Å². The lowest BCUT2D eigenvalue weighted by atomic mass is 10.1. The lowest BCUT2D eigenvalue weighted by Crippen LogP contribution is -2.52. The zero-order valence-electron chi connectivity index (χ0n) is 10.2. The topological polar surface area (TPSA) is 47.9 Å². The fourth-order valence-corrected chi connectivity index (χ4v) is 1.88. The van der Waals surface area contributed by atoms with Crippen molar-refractivity contribution in [2.45, 2.75) is 31.3 Å². The predicted octanol–water partition coefficient (Wildman–Crippen LogP) is 1.27. The highest BCUT2D eigenvalue weighted by molar-refractivity contribution is 5.13. The van der Waals surface area contributed by atoms with Crippen LogP contribution in [-0.2, 0) is 20.8 Å². The predicted molar refractivity (Wildman–Crippen MR) is 62.7 cm³/mol. The van der Waals surface area contributed by atoms with Gasteiger partial charge < -0.3 is 19.3 Å². The van der Waals surface area contributed by atoms with E-state index in [0.717, 1.165) is 5.56 Å². The Morgan fingerprint density at radius 1 is 1.39 bits per heavy atom. The third kappa shape index (κ3) is 3.05. The second-order valence-electron chi connectivity index (χ2n) is 4.21. The Labute approximate surface area is 105 Å². The number of aliphatic hydroxyl groups is 1. The molecule has 1 N–H and O–H groups in total. The van der Waals surface area contributed by atoms with Crippen LogP contribution in [0.1, 0.15) is 5.56 Å². The second-order valence-corrected chi connectivity index (χ2v) is 4.21. The summed E-state index contributed by atoms with van der Waals surface area (Å²) in [6.07, 6.45) is -4.51. The minimum Gasteiger partial charge on any atom is -0.385 e. The van der Waals surface area contributed by atoms with Crippen LogP contribution in [0.5, 0.6) is 0 Å². The molecule has 0 aromatic heterocycles. The Morgan fingerprint density at radius 3 is 2.78 bits per heavy atom. The minimum absolute atomic E-state index is 0.0730. The van der Waals surface area contributed by atoms with E-state index >= 15 is 0 Å². The normalized spacial score (nSPS) is 32.4. The molecule has 0 aliphatic carbocycles. The highest BCUT2D eigenvalue weighted by atomic mass is 19.1. The molecule has 18 heavy (non-hydrogen) atoms. The number of alkyl halides is 1. The molecule has 1 aliphatic heterocycles. The molecule has 0 amide bonds. The van der Waals surface area contributed by atoms with Crippen molar-refractivity contribution in [2.24, 2.45) is 0 Å². The fraction of sp³-hybridized carbons (Fsp3) is 0.538. The highest BCUT2D eigenvalue weighted by Gasteiger charge is 2.40. The summed E-state index contributed by atoms with van der Waals surface area (Å²) in [5.41, 5.74) is 0.952. The molecule has 4 nitrogen and oxygen atoms in total. The highest BCUT2D eigenvalue weighted by Crippen LogP contribution is 2.22. The van der Waals surface area contributed by atoms with Crippen molar-refractivity contribution >= 4 is 0 Å². The zero-order chi connectivity index (χ0) is 13.0. The van der Waals surface area contributed by atoms with Gasteiger partial charge in [-0.3, -0.25) is 0 Å². The minimum atomic E-state index is -1.51. The summed E-state index contributed by atoms with van der Waals surface area (Å²) >= 11 is 0. The number of benzene rings is 1. The van der Waals surface area contributed by atoms with E-state index < -0.39 is 24.7 Å². The van der Waals surface area contributed by atoms with Gasteiger partial charge in [0.05, 0.1) is 13.2 Å². The lowest BCUT2D eigenvalue weighted by molar-refractivity contribution is -0.257. The van der Waals surface area contributed by atoms with E-state index in [1.807, 2.05) is 30.3 Å². The first-order chi connectivity index (χ1) is 8.72. The Hall–Kier alpha value is -1.01. The molecule has 0 saturated carbocycles. The SMILES string of the molecule is CO[C@@H]1OC[C@@H](OCc2ccccc2)[C@H](F)[C@H]1O. The van der Waals surface area contributed by atoms with Crippen LogP contribution in [0, 0.1) is 0 Å². The average molecular weight is 256 g/mol. The summed E-state index contributed by atoms with van der Waals surface area (Å²) in [6, 6.07) is 9.46. The smallest absolute Gasteiger partial charge is 0.186 e. The summed E-state index contributed by atoms with van der Waals surface area (Å²) < 4.78 is 29.3. The molecular weight excluding hydrogens is 239 g/mol. The van der Waals surface area contributed by atoms with E-state index in [1.54, 1.807) is 0 Å². The molecule has 0 radical (unpaired) electrons. The molecule has 1 aromatic rings. The first kappa shape index (κ1) is 13.4. The molecule has 1 heterocycles. The summed E-state index contributed by atoms with van der Waals surface area (Å²) in [4.78, 5) is 0. The number of halogens is 1. The van der Waals surface area contributed by atoms with E-state index in [2.05, 4.69) is 0 Å². The van der Waals surface area contributed by atoms with Crippen molar-refractivity contribution in [3.05, 3.63) is 35.9 Å². The van der Waals surface area contributed by atoms with Crippen molar-refractivity contribution in [3.63, 3.8) is 0 Å². The van der Waals surface area contributed by atoms with Crippen LogP contribution >= 0.6 is 0 Å². The molecule has 5 heteroatoms. The van der Waals surface area contributed by atoms with E-state index in [4.69, 9.17) is 14.2 Å². The van der Waals surface area contributed by atoms with Gasteiger partial charge in [-0.15, -0.1) is 0 Å². The molecule has 0 spiro atoms. The Bertz CT molecular complexity index is 359. The van der Waals surface area contributed by atoms with Gasteiger partial charge in [0.1, 0.15) is 12.2 Å². The van der Waals surface area contributed by atoms with E-state index in [0.29, 0.717) is 6.61 Å². The monoisotopic (exact) mass is 256 g/mol. The lowest BCUT2D eigenvalue weighted by Gasteiger charge is -2.35. The quantitative estimate of drug-likeness (QED) is 0.881. The molecule has 1 aliphatic rings. The third-order valence-corrected chi connectivity index (χ3v) is 2.92. The van der Waals surface area contributed by atoms with Gasteiger partial charge in [-0.25, -0.2) is 4.39 Å². The number of rotatable bonds is 4. The van der Waals surface area contributed by atoms with Gasteiger partial charge in [-0.1, -0.05) is 30.3 Å². The number of ether oxygens (including phenoxy) is 3. The Kier molecular flexibility index (Phi) is 4.66. The van der Waals surface area contributed by atoms with Gasteiger partial charge >= 0.3 is 0 Å². The number of methoxy groups -OCH3 is 1. The Balaban J connectivity index is 1.87. The first-order valence-corrected chi connectivity index (χ1v) is 5.84. The number of aliphatic hydroxyl groups excluding tert-OH is 1. The van der Waals surface area contributed by atoms with Gasteiger partial charge in [0, 0.05) is 7.11 Å². The second kappa shape index (κ2) is 6.24. The van der Waals surface area contributed by atoms with Crippen LogP contribution < -0.4 is 0 Å². The Morgan fingerprint density at radius 2 is 2.11 bits per heavy atom. The van der Waals surface area contributed by atoms with Crippen LogP contribution in [0.2, 0.25) is 0 Å². The van der Waals surface area contributed by atoms with Gasteiger partial charge in [0.2, 0.25) is 0 Å². The first-order valence-electron chi connectivity index (χ1n) is 5.84. The van der Waals surface area contributed by atoms with Crippen LogP contribution in [0.15, 0.2) is 30.3 Å². The van der Waals surface area contributed by atoms with Gasteiger partial charge in [-0.05, 0) is 5.56 Å². The molecule has 0 unspecified atom stereocenters. The summed E-state index contributed by atoms with van der Waals surface area (Å²) in [7, 11) is 1.37. The van der Waals surface area contributed by atoms with E-state index in [-0.39, 0.29) is 6.61 Å². The molecular formula is C13H17FO4. The average Bonchev–Trinajstić information content (AvgIpc) is 2.42. The van der Waals surface area contributed by atoms with Crippen LogP contribution in [0.25, 0.3) is 0 Å². The van der Waals surface area contributed by atoms with E-state index in [1.165, 1.54) is 7.11 Å². The standard InChI is InChI=1S/C13H17FO4/c1-16-13-12(15)11(14)10(8-18-13)17-7-9-5-3-2-4-6-9/h2-6,10-13,15H,7-8H2,1H3/t10-,11+,12-,13-/m1/s1. The fourth-order valence-electron chi connectivity index (χ4n) is 1.88. The van der Waals surface area contributed by atoms with Gasteiger partial charge in [0.25, 0.3) is 0 Å². The molecule has 1 fully saturated rings. The number of hydrogen-bond donors (Lipinski definition) is 1. The van der Waals surface area contributed by atoms with Crippen LogP contribution in [0.3, 0.4) is 0 Å². The van der Waals surface area contributed by atoms with Crippen molar-refractivity contribution in [1.82, 2.24) is 0 Å².